The Morgan fingerprint density at radius 3 is 2.94 bits per heavy atom. The van der Waals surface area contributed by atoms with Gasteiger partial charge in [0, 0.05) is 11.8 Å². The van der Waals surface area contributed by atoms with Crippen molar-refractivity contribution in [1.29, 1.82) is 0 Å². The molecular formula is C14H15NO2. The van der Waals surface area contributed by atoms with Gasteiger partial charge in [-0.3, -0.25) is 9.36 Å². The van der Waals surface area contributed by atoms with Crippen LogP contribution in [0.25, 0.3) is 10.9 Å². The topological polar surface area (TPSA) is 42.2 Å². The third kappa shape index (κ3) is 1.35. The van der Waals surface area contributed by atoms with Gasteiger partial charge >= 0.3 is 0 Å². The van der Waals surface area contributed by atoms with Gasteiger partial charge in [0.25, 0.3) is 0 Å². The van der Waals surface area contributed by atoms with Crippen LogP contribution in [0.2, 0.25) is 0 Å². The number of hydrogen-bond acceptors (Lipinski definition) is 2. The molecule has 0 aliphatic carbocycles. The molecule has 1 aliphatic heterocycles. The lowest BCUT2D eigenvalue weighted by molar-refractivity contribution is 0.00483. The highest BCUT2D eigenvalue weighted by Gasteiger charge is 2.37. The summed E-state index contributed by atoms with van der Waals surface area (Å²) in [6, 6.07) is 9.71. The minimum absolute atomic E-state index is 0.0827. The second-order valence-corrected chi connectivity index (χ2v) is 4.70. The molecule has 0 saturated carbocycles. The second kappa shape index (κ2) is 3.44. The van der Waals surface area contributed by atoms with Crippen molar-refractivity contribution in [1.82, 2.24) is 4.57 Å². The van der Waals surface area contributed by atoms with Crippen molar-refractivity contribution in [2.24, 2.45) is 0 Å². The second-order valence-electron chi connectivity index (χ2n) is 4.70. The summed E-state index contributed by atoms with van der Waals surface area (Å²) in [4.78, 5) is 12.0. The van der Waals surface area contributed by atoms with Crippen molar-refractivity contribution in [3.63, 3.8) is 0 Å². The third-order valence-electron chi connectivity index (χ3n) is 3.77. The van der Waals surface area contributed by atoms with Crippen LogP contribution in [0.15, 0.2) is 30.3 Å². The molecule has 1 atom stereocenters. The van der Waals surface area contributed by atoms with Crippen molar-refractivity contribution < 1.29 is 9.90 Å². The van der Waals surface area contributed by atoms with Crippen LogP contribution in [0.5, 0.6) is 0 Å². The molecule has 1 unspecified atom stereocenters. The first-order valence-corrected chi connectivity index (χ1v) is 6.02. The van der Waals surface area contributed by atoms with Crippen LogP contribution >= 0.6 is 0 Å². The van der Waals surface area contributed by atoms with E-state index in [2.05, 4.69) is 0 Å². The van der Waals surface area contributed by atoms with Crippen LogP contribution in [0.4, 0.5) is 0 Å². The molecule has 0 saturated heterocycles. The predicted octanol–water partition coefficient (Wildman–Crippen LogP) is 2.67. The summed E-state index contributed by atoms with van der Waals surface area (Å²) >= 11 is 0. The molecule has 1 N–H and O–H groups in total. The first-order valence-electron chi connectivity index (χ1n) is 6.02. The third-order valence-corrected chi connectivity index (χ3v) is 3.77. The largest absolute Gasteiger partial charge is 0.384 e. The molecule has 88 valence electrons. The average molecular weight is 229 g/mol. The summed E-state index contributed by atoms with van der Waals surface area (Å²) in [7, 11) is 0. The van der Waals surface area contributed by atoms with E-state index < -0.39 is 5.60 Å². The van der Waals surface area contributed by atoms with Crippen molar-refractivity contribution >= 4 is 16.8 Å². The Morgan fingerprint density at radius 2 is 2.18 bits per heavy atom. The Bertz CT molecular complexity index is 599. The molecule has 17 heavy (non-hydrogen) atoms. The van der Waals surface area contributed by atoms with Crippen LogP contribution in [0.1, 0.15) is 36.7 Å². The quantitative estimate of drug-likeness (QED) is 0.816. The molecule has 0 bridgehead atoms. The van der Waals surface area contributed by atoms with Gasteiger partial charge in [-0.1, -0.05) is 25.1 Å². The summed E-state index contributed by atoms with van der Waals surface area (Å²) in [5.74, 6) is 0.0827. The normalized spacial score (nSPS) is 24.0. The van der Waals surface area contributed by atoms with E-state index in [1.165, 1.54) is 0 Å². The van der Waals surface area contributed by atoms with Crippen molar-refractivity contribution in [3.8, 4) is 0 Å². The zero-order valence-corrected chi connectivity index (χ0v) is 9.81. The van der Waals surface area contributed by atoms with Gasteiger partial charge in [0.2, 0.25) is 5.91 Å². The highest BCUT2D eigenvalue weighted by atomic mass is 16.3. The lowest BCUT2D eigenvalue weighted by Crippen LogP contribution is -2.35. The minimum atomic E-state index is -0.854. The van der Waals surface area contributed by atoms with E-state index in [1.807, 2.05) is 37.3 Å². The van der Waals surface area contributed by atoms with Crippen LogP contribution in [0.3, 0.4) is 0 Å². The molecule has 1 aromatic carbocycles. The van der Waals surface area contributed by atoms with Crippen molar-refractivity contribution in [2.75, 3.05) is 0 Å². The van der Waals surface area contributed by atoms with Crippen LogP contribution < -0.4 is 0 Å². The highest BCUT2D eigenvalue weighted by molar-refractivity contribution is 5.95. The van der Waals surface area contributed by atoms with E-state index in [1.54, 1.807) is 4.57 Å². The van der Waals surface area contributed by atoms with Gasteiger partial charge in [0.05, 0.1) is 11.2 Å². The molecular weight excluding hydrogens is 214 g/mol. The Labute approximate surface area is 99.7 Å². The number of rotatable bonds is 1. The molecule has 0 spiro atoms. The Kier molecular flexibility index (Phi) is 2.13. The lowest BCUT2D eigenvalue weighted by atomic mass is 9.88. The highest BCUT2D eigenvalue weighted by Crippen LogP contribution is 2.38. The maximum atomic E-state index is 12.0. The number of nitrogens with zero attached hydrogens (tertiary/aromatic N) is 1. The SMILES string of the molecule is CCC1(O)CCC(=O)n2c1cc1ccccc12. The van der Waals surface area contributed by atoms with Gasteiger partial charge in [-0.25, -0.2) is 0 Å². The predicted molar refractivity (Wildman–Crippen MR) is 66.0 cm³/mol. The molecule has 3 rings (SSSR count). The molecule has 0 fully saturated rings. The number of benzene rings is 1. The average Bonchev–Trinajstić information content (AvgIpc) is 2.75. The summed E-state index contributed by atoms with van der Waals surface area (Å²) in [5, 5.41) is 11.6. The molecule has 3 nitrogen and oxygen atoms in total. The Balaban J connectivity index is 2.36. The number of hydrogen-bond donors (Lipinski definition) is 1. The zero-order valence-electron chi connectivity index (χ0n) is 9.81. The summed E-state index contributed by atoms with van der Waals surface area (Å²) < 4.78 is 1.68. The van der Waals surface area contributed by atoms with E-state index in [-0.39, 0.29) is 5.91 Å². The zero-order chi connectivity index (χ0) is 12.0. The van der Waals surface area contributed by atoms with Crippen molar-refractivity contribution in [2.45, 2.75) is 31.8 Å². The van der Waals surface area contributed by atoms with Crippen LogP contribution in [-0.2, 0) is 5.60 Å². The van der Waals surface area contributed by atoms with Gasteiger partial charge in [-0.2, -0.15) is 0 Å². The van der Waals surface area contributed by atoms with E-state index in [4.69, 9.17) is 0 Å². The first-order chi connectivity index (χ1) is 8.15. The van der Waals surface area contributed by atoms with Gasteiger partial charge in [-0.15, -0.1) is 0 Å². The van der Waals surface area contributed by atoms with Crippen LogP contribution in [-0.4, -0.2) is 15.6 Å². The summed E-state index contributed by atoms with van der Waals surface area (Å²) in [6.07, 6.45) is 1.57. The number of carbonyl (C=O) groups excluding carboxylic acids is 1. The molecule has 1 aliphatic rings. The van der Waals surface area contributed by atoms with Gasteiger partial charge in [0.15, 0.2) is 0 Å². The molecule has 3 heteroatoms. The lowest BCUT2D eigenvalue weighted by Gasteiger charge is -2.32. The molecule has 2 heterocycles. The number of aromatic nitrogens is 1. The first kappa shape index (κ1) is 10.5. The fourth-order valence-electron chi connectivity index (χ4n) is 2.68. The van der Waals surface area contributed by atoms with E-state index in [0.29, 0.717) is 19.3 Å². The van der Waals surface area contributed by atoms with Crippen LogP contribution in [0, 0.1) is 0 Å². The summed E-state index contributed by atoms with van der Waals surface area (Å²) in [5.41, 5.74) is 0.795. The van der Waals surface area contributed by atoms with E-state index in [9.17, 15) is 9.90 Å². The minimum Gasteiger partial charge on any atom is -0.384 e. The molecule has 0 amide bonds. The standard InChI is InChI=1S/C14H15NO2/c1-2-14(17)8-7-13(16)15-11-6-4-3-5-10(11)9-12(14)15/h3-6,9,17H,2,7-8H2,1H3. The smallest absolute Gasteiger partial charge is 0.231 e. The van der Waals surface area contributed by atoms with Gasteiger partial charge in [-0.05, 0) is 25.0 Å². The number of para-hydroxylation sites is 1. The maximum absolute atomic E-state index is 12.0. The maximum Gasteiger partial charge on any atom is 0.231 e. The van der Waals surface area contributed by atoms with Gasteiger partial charge in [0.1, 0.15) is 5.60 Å². The molecule has 0 radical (unpaired) electrons. The van der Waals surface area contributed by atoms with E-state index in [0.717, 1.165) is 16.6 Å². The number of carbonyl (C=O) groups is 1. The number of fused-ring (bicyclic) bond motifs is 3. The Morgan fingerprint density at radius 1 is 1.41 bits per heavy atom. The summed E-state index contributed by atoms with van der Waals surface area (Å²) in [6.45, 7) is 1.96. The monoisotopic (exact) mass is 229 g/mol. The van der Waals surface area contributed by atoms with E-state index >= 15 is 0 Å². The van der Waals surface area contributed by atoms with Crippen molar-refractivity contribution in [3.05, 3.63) is 36.0 Å². The molecule has 1 aromatic heterocycles. The fraction of sp³-hybridized carbons (Fsp3) is 0.357. The number of aliphatic hydroxyl groups is 1. The molecule has 2 aromatic rings. The fourth-order valence-corrected chi connectivity index (χ4v) is 2.68. The Hall–Kier alpha value is -1.61. The van der Waals surface area contributed by atoms with Gasteiger partial charge < -0.3 is 5.11 Å².